The van der Waals surface area contributed by atoms with Gasteiger partial charge < -0.3 is 9.67 Å². The highest BCUT2D eigenvalue weighted by Gasteiger charge is 2.30. The number of carboxylic acid groups (broad SMARTS) is 1. The Morgan fingerprint density at radius 1 is 1.80 bits per heavy atom. The predicted molar refractivity (Wildman–Crippen MR) is 38.7 cm³/mol. The van der Waals surface area contributed by atoms with Crippen LogP contribution < -0.4 is 0 Å². The van der Waals surface area contributed by atoms with Crippen molar-refractivity contribution in [3.05, 3.63) is 11.4 Å². The fraction of sp³-hybridized carbons (Fsp3) is 0.500. The van der Waals surface area contributed by atoms with Crippen molar-refractivity contribution in [1.29, 1.82) is 0 Å². The Morgan fingerprint density at radius 3 is 2.60 bits per heavy atom. The SMILES string of the molecule is CP1(=O)CCC=C1C(=O)O. The van der Waals surface area contributed by atoms with Crippen LogP contribution in [-0.2, 0) is 9.36 Å². The largest absolute Gasteiger partial charge is 0.478 e. The molecule has 0 aromatic heterocycles. The van der Waals surface area contributed by atoms with Crippen molar-refractivity contribution in [1.82, 2.24) is 0 Å². The first-order valence-electron chi connectivity index (χ1n) is 3.04. The summed E-state index contributed by atoms with van der Waals surface area (Å²) >= 11 is 0. The van der Waals surface area contributed by atoms with Crippen molar-refractivity contribution in [2.45, 2.75) is 6.42 Å². The maximum Gasteiger partial charge on any atom is 0.338 e. The van der Waals surface area contributed by atoms with Gasteiger partial charge in [-0.15, -0.1) is 0 Å². The third kappa shape index (κ3) is 1.14. The smallest absolute Gasteiger partial charge is 0.338 e. The van der Waals surface area contributed by atoms with Crippen LogP contribution in [-0.4, -0.2) is 23.9 Å². The van der Waals surface area contributed by atoms with E-state index in [4.69, 9.17) is 5.11 Å². The number of aliphatic carboxylic acids is 1. The highest BCUT2D eigenvalue weighted by atomic mass is 31.2. The summed E-state index contributed by atoms with van der Waals surface area (Å²) < 4.78 is 11.3. The van der Waals surface area contributed by atoms with Crippen molar-refractivity contribution in [2.75, 3.05) is 12.8 Å². The van der Waals surface area contributed by atoms with Gasteiger partial charge in [0.05, 0.1) is 5.31 Å². The van der Waals surface area contributed by atoms with Gasteiger partial charge in [0.1, 0.15) is 7.14 Å². The molecule has 4 heteroatoms. The molecule has 1 unspecified atom stereocenters. The lowest BCUT2D eigenvalue weighted by Gasteiger charge is -2.03. The van der Waals surface area contributed by atoms with Crippen LogP contribution in [0.5, 0.6) is 0 Å². The predicted octanol–water partition coefficient (Wildman–Crippen LogP) is 1.35. The monoisotopic (exact) mass is 160 g/mol. The molecule has 1 rings (SSSR count). The topological polar surface area (TPSA) is 54.4 Å². The van der Waals surface area contributed by atoms with Gasteiger partial charge in [-0.2, -0.15) is 0 Å². The van der Waals surface area contributed by atoms with Gasteiger partial charge in [0.2, 0.25) is 0 Å². The number of rotatable bonds is 1. The summed E-state index contributed by atoms with van der Waals surface area (Å²) in [5, 5.41) is 8.64. The highest BCUT2D eigenvalue weighted by molar-refractivity contribution is 7.69. The van der Waals surface area contributed by atoms with Crippen LogP contribution in [0.1, 0.15) is 6.42 Å². The van der Waals surface area contributed by atoms with Gasteiger partial charge in [0.15, 0.2) is 0 Å². The zero-order chi connectivity index (χ0) is 7.78. The molecule has 0 radical (unpaired) electrons. The van der Waals surface area contributed by atoms with E-state index in [1.54, 1.807) is 6.08 Å². The number of carboxylic acids is 1. The van der Waals surface area contributed by atoms with Crippen molar-refractivity contribution in [3.8, 4) is 0 Å². The fourth-order valence-electron chi connectivity index (χ4n) is 1.05. The lowest BCUT2D eigenvalue weighted by atomic mass is 10.4. The molecule has 1 heterocycles. The van der Waals surface area contributed by atoms with Crippen LogP contribution in [0.3, 0.4) is 0 Å². The van der Waals surface area contributed by atoms with Crippen LogP contribution in [0, 0.1) is 0 Å². The first kappa shape index (κ1) is 7.55. The minimum atomic E-state index is -2.45. The standard InChI is InChI=1S/C6H9O3P/c1-10(9)4-2-3-5(10)6(7)8/h3H,2,4H2,1H3,(H,7,8). The molecule has 0 aliphatic carbocycles. The van der Waals surface area contributed by atoms with Gasteiger partial charge in [0.25, 0.3) is 0 Å². The lowest BCUT2D eigenvalue weighted by Crippen LogP contribution is -1.98. The van der Waals surface area contributed by atoms with Crippen molar-refractivity contribution in [3.63, 3.8) is 0 Å². The zero-order valence-electron chi connectivity index (χ0n) is 5.70. The number of hydrogen-bond acceptors (Lipinski definition) is 2. The van der Waals surface area contributed by atoms with E-state index in [1.807, 2.05) is 0 Å². The van der Waals surface area contributed by atoms with E-state index in [0.29, 0.717) is 12.6 Å². The van der Waals surface area contributed by atoms with Crippen molar-refractivity contribution in [2.24, 2.45) is 0 Å². The van der Waals surface area contributed by atoms with E-state index >= 15 is 0 Å². The average Bonchev–Trinajstić information content (AvgIpc) is 2.08. The Balaban J connectivity index is 2.97. The Bertz CT molecular complexity index is 241. The van der Waals surface area contributed by atoms with Gasteiger partial charge in [-0.3, -0.25) is 0 Å². The molecule has 0 bridgehead atoms. The lowest BCUT2D eigenvalue weighted by molar-refractivity contribution is -0.131. The van der Waals surface area contributed by atoms with Crippen LogP contribution in [0.2, 0.25) is 0 Å². The zero-order valence-corrected chi connectivity index (χ0v) is 6.60. The molecule has 1 aliphatic rings. The van der Waals surface area contributed by atoms with E-state index in [-0.39, 0.29) is 5.31 Å². The molecule has 0 aromatic carbocycles. The second-order valence-electron chi connectivity index (χ2n) is 2.51. The average molecular weight is 160 g/mol. The van der Waals surface area contributed by atoms with E-state index < -0.39 is 13.1 Å². The van der Waals surface area contributed by atoms with Gasteiger partial charge >= 0.3 is 5.97 Å². The number of carbonyl (C=O) groups is 1. The van der Waals surface area contributed by atoms with E-state index in [2.05, 4.69) is 0 Å². The summed E-state index contributed by atoms with van der Waals surface area (Å²) in [6.45, 7) is 1.53. The molecule has 56 valence electrons. The molecule has 0 aromatic rings. The second-order valence-corrected chi connectivity index (χ2v) is 5.64. The van der Waals surface area contributed by atoms with Gasteiger partial charge in [0, 0.05) is 6.16 Å². The van der Waals surface area contributed by atoms with Crippen LogP contribution in [0.4, 0.5) is 0 Å². The number of hydrogen-bond donors (Lipinski definition) is 1. The minimum absolute atomic E-state index is 0.132. The van der Waals surface area contributed by atoms with E-state index in [0.717, 1.165) is 0 Å². The molecule has 0 amide bonds. The molecule has 1 aliphatic heterocycles. The van der Waals surface area contributed by atoms with Gasteiger partial charge in [-0.25, -0.2) is 4.79 Å². The molecule has 0 spiro atoms. The van der Waals surface area contributed by atoms with Crippen LogP contribution >= 0.6 is 7.14 Å². The van der Waals surface area contributed by atoms with Crippen LogP contribution in [0.25, 0.3) is 0 Å². The molecule has 0 fully saturated rings. The van der Waals surface area contributed by atoms with Crippen LogP contribution in [0.15, 0.2) is 11.4 Å². The maximum absolute atomic E-state index is 11.3. The Labute approximate surface area is 59.1 Å². The van der Waals surface area contributed by atoms with Crippen molar-refractivity contribution < 1.29 is 14.5 Å². The fourth-order valence-corrected chi connectivity index (χ4v) is 2.83. The Kier molecular flexibility index (Phi) is 1.69. The summed E-state index contributed by atoms with van der Waals surface area (Å²) in [5.74, 6) is -1.02. The summed E-state index contributed by atoms with van der Waals surface area (Å²) in [5.41, 5.74) is 0. The molecule has 10 heavy (non-hydrogen) atoms. The third-order valence-corrected chi connectivity index (χ3v) is 4.13. The van der Waals surface area contributed by atoms with E-state index in [1.165, 1.54) is 6.66 Å². The molecule has 0 saturated heterocycles. The van der Waals surface area contributed by atoms with Crippen molar-refractivity contribution >= 4 is 13.1 Å². The first-order valence-corrected chi connectivity index (χ1v) is 5.38. The van der Waals surface area contributed by atoms with Gasteiger partial charge in [-0.05, 0) is 13.1 Å². The third-order valence-electron chi connectivity index (χ3n) is 1.62. The molecule has 0 saturated carbocycles. The molecule has 3 nitrogen and oxygen atoms in total. The first-order chi connectivity index (χ1) is 4.54. The Hall–Kier alpha value is -0.560. The van der Waals surface area contributed by atoms with Gasteiger partial charge in [-0.1, -0.05) is 6.08 Å². The molecule has 1 N–H and O–H groups in total. The minimum Gasteiger partial charge on any atom is -0.478 e. The summed E-state index contributed by atoms with van der Waals surface area (Å²) in [4.78, 5) is 10.4. The number of allylic oxidation sites excluding steroid dienone is 1. The highest BCUT2D eigenvalue weighted by Crippen LogP contribution is 2.54. The summed E-state index contributed by atoms with van der Waals surface area (Å²) in [6.07, 6.45) is 2.73. The summed E-state index contributed by atoms with van der Waals surface area (Å²) in [6, 6.07) is 0. The second kappa shape index (κ2) is 2.24. The molecule has 1 atom stereocenters. The Morgan fingerprint density at radius 2 is 2.40 bits per heavy atom. The maximum atomic E-state index is 11.3. The van der Waals surface area contributed by atoms with E-state index in [9.17, 15) is 9.36 Å². The molecular formula is C6H9O3P. The quantitative estimate of drug-likeness (QED) is 0.589. The molecular weight excluding hydrogens is 151 g/mol. The summed E-state index contributed by atoms with van der Waals surface area (Å²) in [7, 11) is -2.45. The normalized spacial score (nSPS) is 31.9.